The van der Waals surface area contributed by atoms with E-state index in [9.17, 15) is 9.18 Å². The molecular weight excluding hydrogens is 357 g/mol. The molecule has 146 valence electrons. The molecule has 2 aromatic carbocycles. The van der Waals surface area contributed by atoms with E-state index in [0.717, 1.165) is 29.8 Å². The van der Waals surface area contributed by atoms with Crippen LogP contribution < -0.4 is 15.0 Å². The van der Waals surface area contributed by atoms with Crippen LogP contribution in [0.25, 0.3) is 0 Å². The Bertz CT molecular complexity index is 858. The summed E-state index contributed by atoms with van der Waals surface area (Å²) in [4.78, 5) is 19.4. The molecule has 1 saturated heterocycles. The van der Waals surface area contributed by atoms with Crippen LogP contribution in [0.5, 0.6) is 5.75 Å². The number of hydrogen-bond acceptors (Lipinski definition) is 3. The van der Waals surface area contributed by atoms with Gasteiger partial charge in [-0.3, -0.25) is 15.2 Å². The Kier molecular flexibility index (Phi) is 5.28. The highest BCUT2D eigenvalue weighted by molar-refractivity contribution is 6.16. The van der Waals surface area contributed by atoms with Gasteiger partial charge in [-0.1, -0.05) is 31.4 Å². The summed E-state index contributed by atoms with van der Waals surface area (Å²) in [5.41, 5.74) is 1.56. The molecule has 0 spiro atoms. The van der Waals surface area contributed by atoms with E-state index < -0.39 is 6.04 Å². The fraction of sp³-hybridized carbons (Fsp3) is 0.364. The summed E-state index contributed by atoms with van der Waals surface area (Å²) < 4.78 is 18.7. The van der Waals surface area contributed by atoms with E-state index in [1.54, 1.807) is 24.1 Å². The van der Waals surface area contributed by atoms with Crippen molar-refractivity contribution in [3.63, 3.8) is 0 Å². The molecule has 2 aliphatic rings. The molecule has 0 aromatic heterocycles. The maximum atomic E-state index is 13.5. The lowest BCUT2D eigenvalue weighted by Gasteiger charge is -2.25. The first-order chi connectivity index (χ1) is 13.7. The van der Waals surface area contributed by atoms with Crippen molar-refractivity contribution in [3.05, 3.63) is 59.9 Å². The average molecular weight is 381 g/mol. The second kappa shape index (κ2) is 8.00. The molecule has 1 saturated carbocycles. The quantitative estimate of drug-likeness (QED) is 0.824. The SMILES string of the molecule is COc1ccc(N2C(=O)NC(=NC3CCCCC3)[C@@H]2c2ccc(F)cc2)cc1. The number of methoxy groups -OCH3 is 1. The van der Waals surface area contributed by atoms with E-state index in [0.29, 0.717) is 5.84 Å². The molecule has 1 aliphatic carbocycles. The number of halogens is 1. The molecule has 5 nitrogen and oxygen atoms in total. The van der Waals surface area contributed by atoms with Crippen molar-refractivity contribution in [1.29, 1.82) is 0 Å². The van der Waals surface area contributed by atoms with Crippen molar-refractivity contribution in [1.82, 2.24) is 5.32 Å². The van der Waals surface area contributed by atoms with E-state index in [-0.39, 0.29) is 17.9 Å². The number of aliphatic imine (C=N–C) groups is 1. The summed E-state index contributed by atoms with van der Waals surface area (Å²) in [6.07, 6.45) is 5.65. The lowest BCUT2D eigenvalue weighted by molar-refractivity contribution is 0.252. The van der Waals surface area contributed by atoms with Crippen LogP contribution in [-0.2, 0) is 0 Å². The molecule has 6 heteroatoms. The van der Waals surface area contributed by atoms with Crippen molar-refractivity contribution in [2.24, 2.45) is 4.99 Å². The smallest absolute Gasteiger partial charge is 0.328 e. The van der Waals surface area contributed by atoms with Gasteiger partial charge in [0, 0.05) is 5.69 Å². The van der Waals surface area contributed by atoms with Gasteiger partial charge in [-0.15, -0.1) is 0 Å². The second-order valence-electron chi connectivity index (χ2n) is 7.26. The van der Waals surface area contributed by atoms with Crippen molar-refractivity contribution in [3.8, 4) is 5.75 Å². The highest BCUT2D eigenvalue weighted by atomic mass is 19.1. The maximum absolute atomic E-state index is 13.5. The Morgan fingerprint density at radius 1 is 1.04 bits per heavy atom. The number of hydrogen-bond donors (Lipinski definition) is 1. The maximum Gasteiger partial charge on any atom is 0.328 e. The van der Waals surface area contributed by atoms with Gasteiger partial charge in [0.15, 0.2) is 0 Å². The van der Waals surface area contributed by atoms with Gasteiger partial charge in [0.25, 0.3) is 0 Å². The average Bonchev–Trinajstić information content (AvgIpc) is 3.05. The summed E-state index contributed by atoms with van der Waals surface area (Å²) in [7, 11) is 1.60. The standard InChI is InChI=1S/C22H24FN3O2/c1-28-19-13-11-18(12-14-19)26-20(15-7-9-16(23)10-8-15)21(25-22(26)27)24-17-5-3-2-4-6-17/h7-14,17,20H,2-6H2,1H3,(H,24,25,27)/t20-/m0/s1. The van der Waals surface area contributed by atoms with Gasteiger partial charge in [0.2, 0.25) is 0 Å². The molecule has 0 radical (unpaired) electrons. The predicted molar refractivity (Wildman–Crippen MR) is 107 cm³/mol. The number of nitrogens with zero attached hydrogens (tertiary/aromatic N) is 2. The molecule has 0 unspecified atom stereocenters. The van der Waals surface area contributed by atoms with Crippen molar-refractivity contribution < 1.29 is 13.9 Å². The monoisotopic (exact) mass is 381 g/mol. The lowest BCUT2D eigenvalue weighted by Crippen LogP contribution is -2.29. The van der Waals surface area contributed by atoms with Gasteiger partial charge in [0.1, 0.15) is 23.4 Å². The summed E-state index contributed by atoms with van der Waals surface area (Å²) in [5.74, 6) is 1.06. The zero-order chi connectivity index (χ0) is 19.5. The Labute approximate surface area is 164 Å². The van der Waals surface area contributed by atoms with Gasteiger partial charge < -0.3 is 4.74 Å². The number of rotatable bonds is 4. The molecule has 0 bridgehead atoms. The zero-order valence-electron chi connectivity index (χ0n) is 15.9. The van der Waals surface area contributed by atoms with Crippen molar-refractivity contribution in [2.45, 2.75) is 44.2 Å². The molecular formula is C22H24FN3O2. The van der Waals surface area contributed by atoms with Crippen molar-refractivity contribution >= 4 is 17.6 Å². The number of amidine groups is 1. The van der Waals surface area contributed by atoms with Gasteiger partial charge in [-0.2, -0.15) is 0 Å². The molecule has 1 aliphatic heterocycles. The molecule has 1 N–H and O–H groups in total. The minimum atomic E-state index is -0.400. The Hall–Kier alpha value is -2.89. The van der Waals surface area contributed by atoms with Gasteiger partial charge in [-0.05, 0) is 54.8 Å². The predicted octanol–water partition coefficient (Wildman–Crippen LogP) is 4.84. The number of amides is 2. The Morgan fingerprint density at radius 2 is 1.71 bits per heavy atom. The van der Waals surface area contributed by atoms with Crippen molar-refractivity contribution in [2.75, 3.05) is 12.0 Å². The number of ether oxygens (including phenoxy) is 1. The first kappa shape index (κ1) is 18.5. The van der Waals surface area contributed by atoms with E-state index in [2.05, 4.69) is 5.32 Å². The van der Waals surface area contributed by atoms with Gasteiger partial charge in [-0.25, -0.2) is 9.18 Å². The number of nitrogens with one attached hydrogen (secondary N) is 1. The first-order valence-corrected chi connectivity index (χ1v) is 9.73. The van der Waals surface area contributed by atoms with Gasteiger partial charge in [0.05, 0.1) is 13.2 Å². The van der Waals surface area contributed by atoms with Crippen LogP contribution in [-0.4, -0.2) is 25.0 Å². The second-order valence-corrected chi connectivity index (χ2v) is 7.26. The molecule has 28 heavy (non-hydrogen) atoms. The largest absolute Gasteiger partial charge is 0.497 e. The molecule has 2 amide bonds. The molecule has 4 rings (SSSR count). The Balaban J connectivity index is 1.73. The normalized spacial score (nSPS) is 21.8. The first-order valence-electron chi connectivity index (χ1n) is 9.73. The van der Waals surface area contributed by atoms with Crippen LogP contribution >= 0.6 is 0 Å². The van der Waals surface area contributed by atoms with Crippen LogP contribution in [0, 0.1) is 5.82 Å². The van der Waals surface area contributed by atoms with Gasteiger partial charge >= 0.3 is 6.03 Å². The number of carbonyl (C=O) groups is 1. The number of benzene rings is 2. The number of urea groups is 1. The van der Waals surface area contributed by atoms with Crippen LogP contribution in [0.2, 0.25) is 0 Å². The highest BCUT2D eigenvalue weighted by Crippen LogP contribution is 2.34. The zero-order valence-corrected chi connectivity index (χ0v) is 15.9. The van der Waals surface area contributed by atoms with Crippen LogP contribution in [0.1, 0.15) is 43.7 Å². The summed E-state index contributed by atoms with van der Waals surface area (Å²) >= 11 is 0. The molecule has 1 heterocycles. The summed E-state index contributed by atoms with van der Waals surface area (Å²) in [6, 6.07) is 13.2. The van der Waals surface area contributed by atoms with E-state index in [4.69, 9.17) is 9.73 Å². The number of carbonyl (C=O) groups excluding carboxylic acids is 1. The Morgan fingerprint density at radius 3 is 2.36 bits per heavy atom. The number of anilines is 1. The summed E-state index contributed by atoms with van der Waals surface area (Å²) in [6.45, 7) is 0. The van der Waals surface area contributed by atoms with E-state index >= 15 is 0 Å². The summed E-state index contributed by atoms with van der Waals surface area (Å²) in [5, 5.41) is 2.95. The molecule has 2 aromatic rings. The minimum Gasteiger partial charge on any atom is -0.497 e. The molecule has 2 fully saturated rings. The van der Waals surface area contributed by atoms with E-state index in [1.807, 2.05) is 24.3 Å². The van der Waals surface area contributed by atoms with Crippen LogP contribution in [0.3, 0.4) is 0 Å². The third kappa shape index (κ3) is 3.72. The van der Waals surface area contributed by atoms with E-state index in [1.165, 1.54) is 31.4 Å². The minimum absolute atomic E-state index is 0.225. The molecule has 1 atom stereocenters. The highest BCUT2D eigenvalue weighted by Gasteiger charge is 2.39. The van der Waals surface area contributed by atoms with Crippen LogP contribution in [0.15, 0.2) is 53.5 Å². The fourth-order valence-electron chi connectivity index (χ4n) is 3.95. The lowest BCUT2D eigenvalue weighted by atomic mass is 9.95. The van der Waals surface area contributed by atoms with Crippen LogP contribution in [0.4, 0.5) is 14.9 Å². The third-order valence-electron chi connectivity index (χ3n) is 5.40. The fourth-order valence-corrected chi connectivity index (χ4v) is 3.95. The topological polar surface area (TPSA) is 53.9 Å². The third-order valence-corrected chi connectivity index (χ3v) is 5.40.